The first-order chi connectivity index (χ1) is 9.77. The first-order valence-electron chi connectivity index (χ1n) is 7.42. The molecule has 1 heterocycles. The van der Waals surface area contributed by atoms with Crippen LogP contribution in [0.25, 0.3) is 0 Å². The molecule has 0 amide bonds. The third-order valence-corrected chi connectivity index (χ3v) is 3.58. The summed E-state index contributed by atoms with van der Waals surface area (Å²) in [6, 6.07) is 0. The molecule has 0 radical (unpaired) electrons. The van der Waals surface area contributed by atoms with E-state index in [4.69, 9.17) is 5.73 Å². The van der Waals surface area contributed by atoms with Gasteiger partial charge in [0.15, 0.2) is 0 Å². The van der Waals surface area contributed by atoms with E-state index in [1.165, 1.54) is 0 Å². The molecule has 0 bridgehead atoms. The molecule has 0 aliphatic rings. The predicted molar refractivity (Wildman–Crippen MR) is 84.6 cm³/mol. The fourth-order valence-corrected chi connectivity index (χ4v) is 2.42. The second-order valence-electron chi connectivity index (χ2n) is 6.13. The van der Waals surface area contributed by atoms with Crippen LogP contribution in [0.2, 0.25) is 0 Å². The highest BCUT2D eigenvalue weighted by molar-refractivity contribution is 5.61. The van der Waals surface area contributed by atoms with Gasteiger partial charge in [-0.25, -0.2) is 4.68 Å². The van der Waals surface area contributed by atoms with Crippen molar-refractivity contribution in [2.75, 3.05) is 24.5 Å². The number of hydrogen-bond donors (Lipinski definition) is 1. The van der Waals surface area contributed by atoms with Gasteiger partial charge in [-0.15, -0.1) is 0 Å². The highest BCUT2D eigenvalue weighted by atomic mass is 16.6. The molecule has 0 fully saturated rings. The SMILES string of the molecule is CCCc1nn(C)c(N(CC)CC(C)(C)CN)c1[N+](=O)[O-]. The number of aromatic nitrogens is 2. The average molecular weight is 297 g/mol. The van der Waals surface area contributed by atoms with Gasteiger partial charge in [0.25, 0.3) is 0 Å². The Kier molecular flexibility index (Phi) is 5.71. The van der Waals surface area contributed by atoms with Crippen LogP contribution >= 0.6 is 0 Å². The Morgan fingerprint density at radius 2 is 2.05 bits per heavy atom. The number of aryl methyl sites for hydroxylation is 2. The zero-order chi connectivity index (χ0) is 16.2. The van der Waals surface area contributed by atoms with Gasteiger partial charge >= 0.3 is 5.69 Å². The van der Waals surface area contributed by atoms with E-state index in [0.717, 1.165) is 6.42 Å². The second kappa shape index (κ2) is 6.89. The Labute approximate surface area is 126 Å². The first kappa shape index (κ1) is 17.4. The smallest absolute Gasteiger partial charge is 0.334 e. The van der Waals surface area contributed by atoms with E-state index in [0.29, 0.717) is 37.6 Å². The summed E-state index contributed by atoms with van der Waals surface area (Å²) in [5, 5.41) is 15.8. The Hall–Kier alpha value is -1.63. The molecule has 7 heteroatoms. The predicted octanol–water partition coefficient (Wildman–Crippen LogP) is 2.09. The topological polar surface area (TPSA) is 90.2 Å². The lowest BCUT2D eigenvalue weighted by atomic mass is 9.93. The number of anilines is 1. The Morgan fingerprint density at radius 3 is 2.48 bits per heavy atom. The van der Waals surface area contributed by atoms with E-state index in [9.17, 15) is 10.1 Å². The van der Waals surface area contributed by atoms with Crippen molar-refractivity contribution in [3.63, 3.8) is 0 Å². The summed E-state index contributed by atoms with van der Waals surface area (Å²) in [6.45, 7) is 9.96. The largest absolute Gasteiger partial charge is 0.351 e. The van der Waals surface area contributed by atoms with E-state index < -0.39 is 0 Å². The van der Waals surface area contributed by atoms with Crippen LogP contribution in [-0.4, -0.2) is 34.3 Å². The summed E-state index contributed by atoms with van der Waals surface area (Å²) in [7, 11) is 1.76. The van der Waals surface area contributed by atoms with Gasteiger partial charge in [0.05, 0.1) is 4.92 Å². The van der Waals surface area contributed by atoms with Crippen LogP contribution in [0, 0.1) is 15.5 Å². The highest BCUT2D eigenvalue weighted by Gasteiger charge is 2.31. The van der Waals surface area contributed by atoms with Crippen molar-refractivity contribution in [3.8, 4) is 0 Å². The first-order valence-corrected chi connectivity index (χ1v) is 7.42. The van der Waals surface area contributed by atoms with Gasteiger partial charge in [0.2, 0.25) is 5.82 Å². The maximum absolute atomic E-state index is 11.5. The van der Waals surface area contributed by atoms with Gasteiger partial charge in [-0.3, -0.25) is 10.1 Å². The molecule has 0 saturated carbocycles. The molecule has 0 saturated heterocycles. The highest BCUT2D eigenvalue weighted by Crippen LogP contribution is 2.33. The number of rotatable bonds is 8. The lowest BCUT2D eigenvalue weighted by Crippen LogP contribution is -2.39. The molecule has 0 atom stereocenters. The molecule has 0 aliphatic carbocycles. The maximum atomic E-state index is 11.5. The number of hydrogen-bond acceptors (Lipinski definition) is 5. The Balaban J connectivity index is 3.28. The average Bonchev–Trinajstić information content (AvgIpc) is 2.73. The minimum Gasteiger partial charge on any atom is -0.351 e. The summed E-state index contributed by atoms with van der Waals surface area (Å²) in [4.78, 5) is 13.2. The molecule has 0 spiro atoms. The molecule has 0 aromatic carbocycles. The zero-order valence-electron chi connectivity index (χ0n) is 13.7. The second-order valence-corrected chi connectivity index (χ2v) is 6.13. The molecule has 2 N–H and O–H groups in total. The van der Waals surface area contributed by atoms with Crippen LogP contribution < -0.4 is 10.6 Å². The standard InChI is InChI=1S/C14H27N5O2/c1-6-8-11-12(19(20)21)13(17(5)16-11)18(7-2)10-14(3,4)9-15/h6-10,15H2,1-5H3. The summed E-state index contributed by atoms with van der Waals surface area (Å²) in [6.07, 6.45) is 1.44. The van der Waals surface area contributed by atoms with E-state index >= 15 is 0 Å². The van der Waals surface area contributed by atoms with Gasteiger partial charge in [-0.1, -0.05) is 27.2 Å². The van der Waals surface area contributed by atoms with Crippen molar-refractivity contribution in [3.05, 3.63) is 15.8 Å². The van der Waals surface area contributed by atoms with E-state index in [1.807, 2.05) is 18.7 Å². The molecular weight excluding hydrogens is 270 g/mol. The Morgan fingerprint density at radius 1 is 1.43 bits per heavy atom. The van der Waals surface area contributed by atoms with Gasteiger partial charge in [0, 0.05) is 20.1 Å². The van der Waals surface area contributed by atoms with Crippen molar-refractivity contribution in [1.29, 1.82) is 0 Å². The molecule has 0 aliphatic heterocycles. The molecule has 120 valence electrons. The summed E-state index contributed by atoms with van der Waals surface area (Å²) < 4.78 is 1.62. The molecular formula is C14H27N5O2. The van der Waals surface area contributed by atoms with E-state index in [-0.39, 0.29) is 16.0 Å². The zero-order valence-corrected chi connectivity index (χ0v) is 13.7. The van der Waals surface area contributed by atoms with Crippen LogP contribution in [0.3, 0.4) is 0 Å². The quantitative estimate of drug-likeness (QED) is 0.586. The summed E-state index contributed by atoms with van der Waals surface area (Å²) in [5.74, 6) is 0.576. The van der Waals surface area contributed by atoms with Crippen molar-refractivity contribution >= 4 is 11.5 Å². The molecule has 1 aromatic rings. The molecule has 21 heavy (non-hydrogen) atoms. The van der Waals surface area contributed by atoms with Gasteiger partial charge in [-0.05, 0) is 25.3 Å². The minimum atomic E-state index is -0.314. The fraction of sp³-hybridized carbons (Fsp3) is 0.786. The normalized spacial score (nSPS) is 11.7. The van der Waals surface area contributed by atoms with Crippen molar-refractivity contribution in [2.45, 2.75) is 40.5 Å². The Bertz CT molecular complexity index is 496. The monoisotopic (exact) mass is 297 g/mol. The minimum absolute atomic E-state index is 0.112. The number of nitro groups is 1. The van der Waals surface area contributed by atoms with Crippen LogP contribution in [0.1, 0.15) is 39.8 Å². The third-order valence-electron chi connectivity index (χ3n) is 3.58. The van der Waals surface area contributed by atoms with Gasteiger partial charge < -0.3 is 10.6 Å². The van der Waals surface area contributed by atoms with Gasteiger partial charge in [0.1, 0.15) is 5.69 Å². The fourth-order valence-electron chi connectivity index (χ4n) is 2.42. The van der Waals surface area contributed by atoms with E-state index in [1.54, 1.807) is 11.7 Å². The number of nitrogens with zero attached hydrogens (tertiary/aromatic N) is 4. The summed E-state index contributed by atoms with van der Waals surface area (Å²) in [5.41, 5.74) is 6.37. The number of nitrogens with two attached hydrogens (primary N) is 1. The van der Waals surface area contributed by atoms with Crippen LogP contribution in [0.5, 0.6) is 0 Å². The van der Waals surface area contributed by atoms with E-state index in [2.05, 4.69) is 18.9 Å². The molecule has 0 unspecified atom stereocenters. The van der Waals surface area contributed by atoms with Gasteiger partial charge in [-0.2, -0.15) is 5.10 Å². The van der Waals surface area contributed by atoms with Crippen molar-refractivity contribution in [2.24, 2.45) is 18.2 Å². The lowest BCUT2D eigenvalue weighted by molar-refractivity contribution is -0.384. The lowest BCUT2D eigenvalue weighted by Gasteiger charge is -2.31. The van der Waals surface area contributed by atoms with Crippen molar-refractivity contribution in [1.82, 2.24) is 9.78 Å². The van der Waals surface area contributed by atoms with Crippen LogP contribution in [0.15, 0.2) is 0 Å². The maximum Gasteiger partial charge on any atom is 0.334 e. The van der Waals surface area contributed by atoms with Crippen molar-refractivity contribution < 1.29 is 4.92 Å². The molecule has 1 rings (SSSR count). The molecule has 7 nitrogen and oxygen atoms in total. The third kappa shape index (κ3) is 3.93. The summed E-state index contributed by atoms with van der Waals surface area (Å²) >= 11 is 0. The van der Waals surface area contributed by atoms with Crippen LogP contribution in [-0.2, 0) is 13.5 Å². The van der Waals surface area contributed by atoms with Crippen LogP contribution in [0.4, 0.5) is 11.5 Å². The molecule has 1 aromatic heterocycles.